The number of morpholine rings is 1. The van der Waals surface area contributed by atoms with Gasteiger partial charge in [0.25, 0.3) is 0 Å². The lowest BCUT2D eigenvalue weighted by Gasteiger charge is -2.30. The quantitative estimate of drug-likeness (QED) is 0.849. The number of rotatable bonds is 6. The molecule has 2 N–H and O–H groups in total. The summed E-state index contributed by atoms with van der Waals surface area (Å²) in [5.74, 6) is -0.0163. The second kappa shape index (κ2) is 8.53. The standard InChI is InChI=1S/C20H25N3O2/c1-16-6-8-17(9-7-16)14-22-20(24)15-21-18-4-2-3-5-19(18)23-10-12-25-13-11-23/h2-9,21H,10-15H2,1H3,(H,22,24). The van der Waals surface area contributed by atoms with Crippen LogP contribution in [0.3, 0.4) is 0 Å². The highest BCUT2D eigenvalue weighted by Gasteiger charge is 2.14. The van der Waals surface area contributed by atoms with Crippen LogP contribution in [0.15, 0.2) is 48.5 Å². The average Bonchev–Trinajstić information content (AvgIpc) is 2.67. The number of hydrogen-bond acceptors (Lipinski definition) is 4. The van der Waals surface area contributed by atoms with Crippen molar-refractivity contribution in [3.05, 3.63) is 59.7 Å². The number of ether oxygens (including phenoxy) is 1. The predicted molar refractivity (Wildman–Crippen MR) is 101 cm³/mol. The van der Waals surface area contributed by atoms with Crippen LogP contribution in [0.4, 0.5) is 11.4 Å². The van der Waals surface area contributed by atoms with Crippen LogP contribution >= 0.6 is 0 Å². The zero-order valence-corrected chi connectivity index (χ0v) is 14.6. The monoisotopic (exact) mass is 339 g/mol. The van der Waals surface area contributed by atoms with E-state index in [1.807, 2.05) is 30.3 Å². The smallest absolute Gasteiger partial charge is 0.239 e. The number of carbonyl (C=O) groups excluding carboxylic acids is 1. The molecule has 0 spiro atoms. The number of nitrogens with zero attached hydrogens (tertiary/aromatic N) is 1. The Morgan fingerprint density at radius 3 is 2.56 bits per heavy atom. The summed E-state index contributed by atoms with van der Waals surface area (Å²) in [6.07, 6.45) is 0. The van der Waals surface area contributed by atoms with Crippen LogP contribution < -0.4 is 15.5 Å². The summed E-state index contributed by atoms with van der Waals surface area (Å²) in [6.45, 7) is 6.09. The minimum Gasteiger partial charge on any atom is -0.378 e. The summed E-state index contributed by atoms with van der Waals surface area (Å²) in [7, 11) is 0. The van der Waals surface area contributed by atoms with Crippen molar-refractivity contribution in [1.82, 2.24) is 5.32 Å². The van der Waals surface area contributed by atoms with Crippen LogP contribution in [0.5, 0.6) is 0 Å². The van der Waals surface area contributed by atoms with Gasteiger partial charge >= 0.3 is 0 Å². The Balaban J connectivity index is 1.52. The number of hydrogen-bond donors (Lipinski definition) is 2. The van der Waals surface area contributed by atoms with Crippen LogP contribution in [0.2, 0.25) is 0 Å². The van der Waals surface area contributed by atoms with Crippen molar-refractivity contribution in [3.63, 3.8) is 0 Å². The van der Waals surface area contributed by atoms with Crippen molar-refractivity contribution in [2.24, 2.45) is 0 Å². The molecule has 2 aromatic rings. The number of nitrogens with one attached hydrogen (secondary N) is 2. The molecular formula is C20H25N3O2. The summed E-state index contributed by atoms with van der Waals surface area (Å²) in [6, 6.07) is 16.3. The minimum atomic E-state index is -0.0163. The van der Waals surface area contributed by atoms with Gasteiger partial charge in [0.15, 0.2) is 0 Å². The Kier molecular flexibility index (Phi) is 5.90. The Bertz CT molecular complexity index is 694. The zero-order valence-electron chi connectivity index (χ0n) is 14.6. The fourth-order valence-electron chi connectivity index (χ4n) is 2.85. The number of carbonyl (C=O) groups is 1. The fourth-order valence-corrected chi connectivity index (χ4v) is 2.85. The predicted octanol–water partition coefficient (Wildman–Crippen LogP) is 2.56. The molecule has 0 saturated carbocycles. The van der Waals surface area contributed by atoms with Crippen LogP contribution in [0.1, 0.15) is 11.1 Å². The van der Waals surface area contributed by atoms with Gasteiger partial charge in [-0.2, -0.15) is 0 Å². The molecule has 5 heteroatoms. The highest BCUT2D eigenvalue weighted by atomic mass is 16.5. The largest absolute Gasteiger partial charge is 0.378 e. The number of aryl methyl sites for hydroxylation is 1. The molecule has 0 aliphatic carbocycles. The van der Waals surface area contributed by atoms with Crippen molar-refractivity contribution in [3.8, 4) is 0 Å². The molecular weight excluding hydrogens is 314 g/mol. The van der Waals surface area contributed by atoms with E-state index >= 15 is 0 Å². The van der Waals surface area contributed by atoms with E-state index in [0.29, 0.717) is 6.54 Å². The number of amides is 1. The van der Waals surface area contributed by atoms with Gasteiger partial charge in [-0.25, -0.2) is 0 Å². The summed E-state index contributed by atoms with van der Waals surface area (Å²) in [5, 5.41) is 6.21. The second-order valence-corrected chi connectivity index (χ2v) is 6.23. The van der Waals surface area contributed by atoms with Gasteiger partial charge in [0.2, 0.25) is 5.91 Å². The topological polar surface area (TPSA) is 53.6 Å². The molecule has 25 heavy (non-hydrogen) atoms. The zero-order chi connectivity index (χ0) is 17.5. The number of para-hydroxylation sites is 2. The van der Waals surface area contributed by atoms with Gasteiger partial charge < -0.3 is 20.3 Å². The maximum absolute atomic E-state index is 12.1. The van der Waals surface area contributed by atoms with E-state index < -0.39 is 0 Å². The first-order chi connectivity index (χ1) is 12.2. The van der Waals surface area contributed by atoms with Gasteiger partial charge in [-0.3, -0.25) is 4.79 Å². The molecule has 1 fully saturated rings. The van der Waals surface area contributed by atoms with Gasteiger partial charge in [0.05, 0.1) is 31.1 Å². The van der Waals surface area contributed by atoms with E-state index in [1.165, 1.54) is 5.56 Å². The molecule has 2 aromatic carbocycles. The van der Waals surface area contributed by atoms with Crippen molar-refractivity contribution in [1.29, 1.82) is 0 Å². The summed E-state index contributed by atoms with van der Waals surface area (Å²) in [5.41, 5.74) is 4.43. The van der Waals surface area contributed by atoms with Crippen molar-refractivity contribution in [2.75, 3.05) is 43.1 Å². The Labute approximate surface area is 149 Å². The summed E-state index contributed by atoms with van der Waals surface area (Å²) < 4.78 is 5.41. The Morgan fingerprint density at radius 1 is 1.08 bits per heavy atom. The molecule has 1 aliphatic rings. The van der Waals surface area contributed by atoms with Gasteiger partial charge in [-0.15, -0.1) is 0 Å². The molecule has 5 nitrogen and oxygen atoms in total. The third-order valence-electron chi connectivity index (χ3n) is 4.31. The van der Waals surface area contributed by atoms with E-state index in [4.69, 9.17) is 4.74 Å². The fraction of sp³-hybridized carbons (Fsp3) is 0.350. The van der Waals surface area contributed by atoms with Crippen molar-refractivity contribution >= 4 is 17.3 Å². The number of benzene rings is 2. The normalized spacial score (nSPS) is 14.2. The Hall–Kier alpha value is -2.53. The third kappa shape index (κ3) is 4.97. The molecule has 0 aromatic heterocycles. The van der Waals surface area contributed by atoms with E-state index in [1.54, 1.807) is 0 Å². The lowest BCUT2D eigenvalue weighted by molar-refractivity contribution is -0.119. The van der Waals surface area contributed by atoms with E-state index in [-0.39, 0.29) is 12.5 Å². The first kappa shape index (κ1) is 17.3. The first-order valence-electron chi connectivity index (χ1n) is 8.70. The molecule has 1 heterocycles. The molecule has 0 bridgehead atoms. The lowest BCUT2D eigenvalue weighted by Crippen LogP contribution is -2.37. The second-order valence-electron chi connectivity index (χ2n) is 6.23. The molecule has 1 aliphatic heterocycles. The van der Waals surface area contributed by atoms with Crippen molar-refractivity contribution < 1.29 is 9.53 Å². The highest BCUT2D eigenvalue weighted by Crippen LogP contribution is 2.26. The third-order valence-corrected chi connectivity index (χ3v) is 4.31. The molecule has 1 amide bonds. The van der Waals surface area contributed by atoms with Crippen LogP contribution in [0, 0.1) is 6.92 Å². The summed E-state index contributed by atoms with van der Waals surface area (Å²) >= 11 is 0. The van der Waals surface area contributed by atoms with Gasteiger partial charge in [-0.1, -0.05) is 42.0 Å². The highest BCUT2D eigenvalue weighted by molar-refractivity contribution is 5.82. The number of anilines is 2. The minimum absolute atomic E-state index is 0.0163. The molecule has 0 radical (unpaired) electrons. The first-order valence-corrected chi connectivity index (χ1v) is 8.70. The summed E-state index contributed by atoms with van der Waals surface area (Å²) in [4.78, 5) is 14.4. The van der Waals surface area contributed by atoms with Crippen molar-refractivity contribution in [2.45, 2.75) is 13.5 Å². The maximum Gasteiger partial charge on any atom is 0.239 e. The Morgan fingerprint density at radius 2 is 1.80 bits per heavy atom. The average molecular weight is 339 g/mol. The van der Waals surface area contributed by atoms with Gasteiger partial charge in [-0.05, 0) is 24.6 Å². The van der Waals surface area contributed by atoms with Crippen LogP contribution in [-0.4, -0.2) is 38.8 Å². The van der Waals surface area contributed by atoms with E-state index in [0.717, 1.165) is 43.2 Å². The van der Waals surface area contributed by atoms with Gasteiger partial charge in [0, 0.05) is 19.6 Å². The van der Waals surface area contributed by atoms with E-state index in [2.05, 4.69) is 40.7 Å². The van der Waals surface area contributed by atoms with Crippen LogP contribution in [0.25, 0.3) is 0 Å². The molecule has 3 rings (SSSR count). The van der Waals surface area contributed by atoms with Gasteiger partial charge in [0.1, 0.15) is 0 Å². The lowest BCUT2D eigenvalue weighted by atomic mass is 10.1. The molecule has 132 valence electrons. The maximum atomic E-state index is 12.1. The molecule has 0 unspecified atom stereocenters. The van der Waals surface area contributed by atoms with Crippen LogP contribution in [-0.2, 0) is 16.1 Å². The molecule has 0 atom stereocenters. The van der Waals surface area contributed by atoms with E-state index in [9.17, 15) is 4.79 Å². The molecule has 1 saturated heterocycles. The SMILES string of the molecule is Cc1ccc(CNC(=O)CNc2ccccc2N2CCOCC2)cc1.